The van der Waals surface area contributed by atoms with Gasteiger partial charge in [0, 0.05) is 30.5 Å². The lowest BCUT2D eigenvalue weighted by molar-refractivity contribution is 0.0687. The maximum absolute atomic E-state index is 12.4. The predicted octanol–water partition coefficient (Wildman–Crippen LogP) is 1.85. The van der Waals surface area contributed by atoms with Crippen LogP contribution in [0.15, 0.2) is 18.3 Å². The second-order valence-corrected chi connectivity index (χ2v) is 5.31. The molecule has 0 aromatic carbocycles. The van der Waals surface area contributed by atoms with E-state index < -0.39 is 0 Å². The van der Waals surface area contributed by atoms with Gasteiger partial charge in [-0.3, -0.25) is 9.78 Å². The minimum Gasteiger partial charge on any atom is -0.339 e. The molecule has 4 nitrogen and oxygen atoms in total. The van der Waals surface area contributed by atoms with Crippen molar-refractivity contribution in [1.82, 2.24) is 15.2 Å². The minimum atomic E-state index is 0.151. The van der Waals surface area contributed by atoms with Gasteiger partial charge in [-0.15, -0.1) is 0 Å². The lowest BCUT2D eigenvalue weighted by atomic mass is 9.93. The van der Waals surface area contributed by atoms with E-state index in [2.05, 4.69) is 10.3 Å². The monoisotopic (exact) mass is 261 g/mol. The maximum Gasteiger partial charge on any atom is 0.253 e. The summed E-state index contributed by atoms with van der Waals surface area (Å²) in [6.07, 6.45) is 5.17. The molecule has 2 rings (SSSR count). The average molecular weight is 261 g/mol. The Hall–Kier alpha value is -1.42. The third-order valence-electron chi connectivity index (χ3n) is 3.85. The summed E-state index contributed by atoms with van der Waals surface area (Å²) in [7, 11) is 1.99. The number of amides is 1. The smallest absolute Gasteiger partial charge is 0.253 e. The van der Waals surface area contributed by atoms with Gasteiger partial charge in [-0.1, -0.05) is 0 Å². The number of likely N-dealkylation sites (tertiary alicyclic amines) is 1. The fourth-order valence-electron chi connectivity index (χ4n) is 2.63. The number of aromatic nitrogens is 1. The summed E-state index contributed by atoms with van der Waals surface area (Å²) in [6, 6.07) is 3.68. The van der Waals surface area contributed by atoms with Gasteiger partial charge in [0.1, 0.15) is 0 Å². The van der Waals surface area contributed by atoms with Crippen LogP contribution in [0.5, 0.6) is 0 Å². The number of nitrogens with one attached hydrogen (secondary N) is 1. The molecule has 1 saturated heterocycles. The van der Waals surface area contributed by atoms with Gasteiger partial charge < -0.3 is 10.2 Å². The summed E-state index contributed by atoms with van der Waals surface area (Å²) in [4.78, 5) is 18.5. The van der Waals surface area contributed by atoms with Crippen LogP contribution in [0.1, 0.15) is 35.3 Å². The van der Waals surface area contributed by atoms with Crippen molar-refractivity contribution in [2.45, 2.75) is 26.2 Å². The number of pyridine rings is 1. The zero-order valence-corrected chi connectivity index (χ0v) is 11.9. The van der Waals surface area contributed by atoms with Crippen LogP contribution in [0.4, 0.5) is 0 Å². The summed E-state index contributed by atoms with van der Waals surface area (Å²) in [5.74, 6) is 0.910. The van der Waals surface area contributed by atoms with Crippen molar-refractivity contribution < 1.29 is 4.79 Å². The van der Waals surface area contributed by atoms with Crippen molar-refractivity contribution in [3.05, 3.63) is 29.6 Å². The number of hydrogen-bond donors (Lipinski definition) is 1. The van der Waals surface area contributed by atoms with Crippen molar-refractivity contribution in [1.29, 1.82) is 0 Å². The Labute approximate surface area is 115 Å². The normalized spacial score (nSPS) is 16.6. The molecule has 4 heteroatoms. The number of carbonyl (C=O) groups excluding carboxylic acids is 1. The van der Waals surface area contributed by atoms with E-state index in [0.29, 0.717) is 0 Å². The molecule has 1 aromatic heterocycles. The third-order valence-corrected chi connectivity index (χ3v) is 3.85. The van der Waals surface area contributed by atoms with E-state index in [1.54, 1.807) is 6.20 Å². The van der Waals surface area contributed by atoms with E-state index in [1.807, 2.05) is 31.0 Å². The molecule has 0 saturated carbocycles. The highest BCUT2D eigenvalue weighted by atomic mass is 16.2. The topological polar surface area (TPSA) is 45.2 Å². The molecule has 1 N–H and O–H groups in total. The number of piperidine rings is 1. The zero-order chi connectivity index (χ0) is 13.7. The molecule has 1 fully saturated rings. The second-order valence-electron chi connectivity index (χ2n) is 5.31. The molecule has 1 aliphatic heterocycles. The van der Waals surface area contributed by atoms with Gasteiger partial charge in [0.2, 0.25) is 0 Å². The summed E-state index contributed by atoms with van der Waals surface area (Å²) in [5.41, 5.74) is 1.66. The summed E-state index contributed by atoms with van der Waals surface area (Å²) in [6.45, 7) is 4.76. The molecule has 1 amide bonds. The van der Waals surface area contributed by atoms with Crippen LogP contribution >= 0.6 is 0 Å². The summed E-state index contributed by atoms with van der Waals surface area (Å²) < 4.78 is 0. The van der Waals surface area contributed by atoms with Crippen LogP contribution in [0.3, 0.4) is 0 Å². The molecule has 0 unspecified atom stereocenters. The molecular weight excluding hydrogens is 238 g/mol. The Bertz CT molecular complexity index is 425. The SMILES string of the molecule is CNCCC1CCN(C(=O)c2ccnc(C)c2)CC1. The number of hydrogen-bond acceptors (Lipinski definition) is 3. The Morgan fingerprint density at radius 1 is 1.47 bits per heavy atom. The van der Waals surface area contributed by atoms with E-state index in [9.17, 15) is 4.79 Å². The zero-order valence-electron chi connectivity index (χ0n) is 11.9. The Morgan fingerprint density at radius 2 is 2.21 bits per heavy atom. The summed E-state index contributed by atoms with van der Waals surface area (Å²) >= 11 is 0. The lowest BCUT2D eigenvalue weighted by Gasteiger charge is -2.32. The molecule has 0 atom stereocenters. The van der Waals surface area contributed by atoms with Gasteiger partial charge in [0.05, 0.1) is 0 Å². The molecule has 104 valence electrons. The van der Waals surface area contributed by atoms with E-state index >= 15 is 0 Å². The minimum absolute atomic E-state index is 0.151. The van der Waals surface area contributed by atoms with Crippen LogP contribution in [-0.2, 0) is 0 Å². The van der Waals surface area contributed by atoms with Crippen molar-refractivity contribution in [3.8, 4) is 0 Å². The van der Waals surface area contributed by atoms with Crippen LogP contribution in [0, 0.1) is 12.8 Å². The van der Waals surface area contributed by atoms with Gasteiger partial charge in [-0.05, 0) is 57.8 Å². The predicted molar refractivity (Wildman–Crippen MR) is 76.1 cm³/mol. The number of rotatable bonds is 4. The Balaban J connectivity index is 1.89. The first-order valence-corrected chi connectivity index (χ1v) is 7.07. The van der Waals surface area contributed by atoms with E-state index in [0.717, 1.165) is 49.7 Å². The Kier molecular flexibility index (Phi) is 4.91. The van der Waals surface area contributed by atoms with Crippen LogP contribution in [-0.4, -0.2) is 42.5 Å². The molecular formula is C15H23N3O. The van der Waals surface area contributed by atoms with E-state index in [4.69, 9.17) is 0 Å². The first kappa shape index (κ1) is 14.0. The third kappa shape index (κ3) is 3.77. The van der Waals surface area contributed by atoms with Gasteiger partial charge in [0.25, 0.3) is 5.91 Å². The molecule has 0 bridgehead atoms. The molecule has 0 spiro atoms. The van der Waals surface area contributed by atoms with Gasteiger partial charge in [-0.25, -0.2) is 0 Å². The van der Waals surface area contributed by atoms with Crippen molar-refractivity contribution in [2.24, 2.45) is 5.92 Å². The van der Waals surface area contributed by atoms with Gasteiger partial charge >= 0.3 is 0 Å². The molecule has 19 heavy (non-hydrogen) atoms. The second kappa shape index (κ2) is 6.66. The van der Waals surface area contributed by atoms with Crippen molar-refractivity contribution >= 4 is 5.91 Å². The molecule has 0 radical (unpaired) electrons. The van der Waals surface area contributed by atoms with Crippen molar-refractivity contribution in [3.63, 3.8) is 0 Å². The molecule has 1 aliphatic rings. The fraction of sp³-hybridized carbons (Fsp3) is 0.600. The lowest BCUT2D eigenvalue weighted by Crippen LogP contribution is -2.39. The van der Waals surface area contributed by atoms with Crippen LogP contribution in [0.2, 0.25) is 0 Å². The average Bonchev–Trinajstić information content (AvgIpc) is 2.45. The van der Waals surface area contributed by atoms with Crippen LogP contribution < -0.4 is 5.32 Å². The molecule has 2 heterocycles. The highest BCUT2D eigenvalue weighted by Crippen LogP contribution is 2.21. The van der Waals surface area contributed by atoms with Crippen molar-refractivity contribution in [2.75, 3.05) is 26.7 Å². The van der Waals surface area contributed by atoms with E-state index in [-0.39, 0.29) is 5.91 Å². The van der Waals surface area contributed by atoms with Gasteiger partial charge in [-0.2, -0.15) is 0 Å². The fourth-order valence-corrected chi connectivity index (χ4v) is 2.63. The highest BCUT2D eigenvalue weighted by molar-refractivity contribution is 5.94. The quantitative estimate of drug-likeness (QED) is 0.899. The number of carbonyl (C=O) groups is 1. The maximum atomic E-state index is 12.4. The molecule has 1 aromatic rings. The molecule has 0 aliphatic carbocycles. The van der Waals surface area contributed by atoms with Gasteiger partial charge in [0.15, 0.2) is 0 Å². The van der Waals surface area contributed by atoms with E-state index in [1.165, 1.54) is 6.42 Å². The first-order chi connectivity index (χ1) is 9.20. The standard InChI is InChI=1S/C15H23N3O/c1-12-11-14(4-8-17-12)15(19)18-9-5-13(6-10-18)3-7-16-2/h4,8,11,13,16H,3,5-7,9-10H2,1-2H3. The Morgan fingerprint density at radius 3 is 2.84 bits per heavy atom. The number of nitrogens with zero attached hydrogens (tertiary/aromatic N) is 2. The highest BCUT2D eigenvalue weighted by Gasteiger charge is 2.23. The summed E-state index contributed by atoms with van der Waals surface area (Å²) in [5, 5.41) is 3.19. The largest absolute Gasteiger partial charge is 0.339 e. The van der Waals surface area contributed by atoms with Crippen LogP contribution in [0.25, 0.3) is 0 Å². The number of aryl methyl sites for hydroxylation is 1. The first-order valence-electron chi connectivity index (χ1n) is 7.07.